The Kier molecular flexibility index (Phi) is 7.11. The molecule has 0 aliphatic carbocycles. The van der Waals surface area contributed by atoms with Gasteiger partial charge in [-0.3, -0.25) is 14.4 Å². The highest BCUT2D eigenvalue weighted by Gasteiger charge is 2.34. The quantitative estimate of drug-likeness (QED) is 0.544. The Labute approximate surface area is 197 Å². The molecule has 0 unspecified atom stereocenters. The van der Waals surface area contributed by atoms with Gasteiger partial charge >= 0.3 is 6.18 Å². The molecule has 11 heteroatoms. The van der Waals surface area contributed by atoms with Crippen LogP contribution in [0.25, 0.3) is 5.69 Å². The lowest BCUT2D eigenvalue weighted by molar-refractivity contribution is -0.137. The molecular formula is C23H20ClF3N4O3. The van der Waals surface area contributed by atoms with Crippen molar-refractivity contribution in [2.24, 2.45) is 0 Å². The van der Waals surface area contributed by atoms with Gasteiger partial charge in [-0.25, -0.2) is 4.68 Å². The van der Waals surface area contributed by atoms with E-state index in [0.29, 0.717) is 0 Å². The van der Waals surface area contributed by atoms with Crippen LogP contribution in [0.2, 0.25) is 5.02 Å². The number of rotatable bonds is 5. The zero-order valence-corrected chi connectivity index (χ0v) is 19.1. The average molecular weight is 493 g/mol. The van der Waals surface area contributed by atoms with Gasteiger partial charge in [0.25, 0.3) is 11.8 Å². The molecule has 2 amide bonds. The molecule has 3 aromatic rings. The summed E-state index contributed by atoms with van der Waals surface area (Å²) in [5.41, 5.74) is -2.59. The molecule has 1 aromatic heterocycles. The second-order valence-corrected chi connectivity index (χ2v) is 8.13. The standard InChI is InChI=1S/C23H20ClF3N4O3/c1-12(2)28-21(33)15-9-8-14(24)11-17(15)29-22(34)20-19(32)10-13(3)31(30-20)18-7-5-4-6-16(18)23(25,26)27/h4-12H,1-3H3,(H,28,33)(H,29,34). The summed E-state index contributed by atoms with van der Waals surface area (Å²) >= 11 is 6.00. The Hall–Kier alpha value is -3.66. The second kappa shape index (κ2) is 9.68. The Morgan fingerprint density at radius 3 is 2.38 bits per heavy atom. The number of nitrogens with one attached hydrogen (secondary N) is 2. The summed E-state index contributed by atoms with van der Waals surface area (Å²) in [5.74, 6) is -1.50. The second-order valence-electron chi connectivity index (χ2n) is 7.70. The molecule has 0 saturated carbocycles. The van der Waals surface area contributed by atoms with Crippen molar-refractivity contribution in [3.05, 3.63) is 86.3 Å². The van der Waals surface area contributed by atoms with Crippen LogP contribution in [-0.4, -0.2) is 27.6 Å². The van der Waals surface area contributed by atoms with Gasteiger partial charge in [-0.2, -0.15) is 18.3 Å². The first-order valence-corrected chi connectivity index (χ1v) is 10.5. The van der Waals surface area contributed by atoms with Gasteiger partial charge in [0.05, 0.1) is 22.5 Å². The minimum Gasteiger partial charge on any atom is -0.350 e. The van der Waals surface area contributed by atoms with E-state index < -0.39 is 34.7 Å². The summed E-state index contributed by atoms with van der Waals surface area (Å²) < 4.78 is 41.4. The highest BCUT2D eigenvalue weighted by Crippen LogP contribution is 2.33. The third kappa shape index (κ3) is 5.45. The van der Waals surface area contributed by atoms with Crippen LogP contribution in [-0.2, 0) is 6.18 Å². The lowest BCUT2D eigenvalue weighted by Crippen LogP contribution is -2.32. The van der Waals surface area contributed by atoms with Crippen molar-refractivity contribution in [1.29, 1.82) is 0 Å². The fourth-order valence-electron chi connectivity index (χ4n) is 3.19. The van der Waals surface area contributed by atoms with Crippen LogP contribution in [0.1, 0.15) is 46.0 Å². The van der Waals surface area contributed by atoms with Crippen molar-refractivity contribution in [2.75, 3.05) is 5.32 Å². The predicted molar refractivity (Wildman–Crippen MR) is 122 cm³/mol. The average Bonchev–Trinajstić information content (AvgIpc) is 2.72. The molecule has 0 fully saturated rings. The fourth-order valence-corrected chi connectivity index (χ4v) is 3.36. The molecule has 0 spiro atoms. The first kappa shape index (κ1) is 25.0. The number of nitrogens with zero attached hydrogens (tertiary/aromatic N) is 2. The highest BCUT2D eigenvalue weighted by molar-refractivity contribution is 6.31. The molecule has 2 aromatic carbocycles. The summed E-state index contributed by atoms with van der Waals surface area (Å²) in [7, 11) is 0. The smallest absolute Gasteiger partial charge is 0.350 e. The maximum atomic E-state index is 13.5. The SMILES string of the molecule is Cc1cc(=O)c(C(=O)Nc2cc(Cl)ccc2C(=O)NC(C)C)nn1-c1ccccc1C(F)(F)F. The van der Waals surface area contributed by atoms with Gasteiger partial charge in [0.15, 0.2) is 5.69 Å². The minimum absolute atomic E-state index is 0.0136. The first-order chi connectivity index (χ1) is 15.9. The summed E-state index contributed by atoms with van der Waals surface area (Å²) in [6.07, 6.45) is -4.68. The number of carbonyl (C=O) groups excluding carboxylic acids is 2. The highest BCUT2D eigenvalue weighted by atomic mass is 35.5. The van der Waals surface area contributed by atoms with Gasteiger partial charge < -0.3 is 10.6 Å². The van der Waals surface area contributed by atoms with Gasteiger partial charge in [0, 0.05) is 22.8 Å². The Morgan fingerprint density at radius 2 is 1.74 bits per heavy atom. The Bertz CT molecular complexity index is 1320. The normalized spacial score (nSPS) is 11.4. The van der Waals surface area contributed by atoms with E-state index in [1.165, 1.54) is 43.3 Å². The molecule has 3 rings (SSSR count). The van der Waals surface area contributed by atoms with Crippen molar-refractivity contribution in [2.45, 2.75) is 33.0 Å². The third-order valence-electron chi connectivity index (χ3n) is 4.65. The molecule has 0 saturated heterocycles. The Balaban J connectivity index is 2.06. The molecule has 178 valence electrons. The molecule has 1 heterocycles. The molecule has 0 radical (unpaired) electrons. The maximum absolute atomic E-state index is 13.5. The van der Waals surface area contributed by atoms with Gasteiger partial charge in [-0.1, -0.05) is 23.7 Å². The molecule has 0 aliphatic heterocycles. The maximum Gasteiger partial charge on any atom is 0.418 e. The summed E-state index contributed by atoms with van der Waals surface area (Å²) in [6, 6.07) is 9.66. The van der Waals surface area contributed by atoms with Crippen molar-refractivity contribution < 1.29 is 22.8 Å². The molecule has 7 nitrogen and oxygen atoms in total. The minimum atomic E-state index is -4.68. The van der Waals surface area contributed by atoms with E-state index in [-0.39, 0.29) is 33.7 Å². The number of anilines is 1. The van der Waals surface area contributed by atoms with E-state index in [9.17, 15) is 27.6 Å². The number of hydrogen-bond donors (Lipinski definition) is 2. The topological polar surface area (TPSA) is 93.1 Å². The van der Waals surface area contributed by atoms with Crippen LogP contribution in [0.5, 0.6) is 0 Å². The third-order valence-corrected chi connectivity index (χ3v) is 4.89. The van der Waals surface area contributed by atoms with E-state index in [1.807, 2.05) is 0 Å². The number of alkyl halides is 3. The molecule has 34 heavy (non-hydrogen) atoms. The van der Waals surface area contributed by atoms with Crippen LogP contribution in [0.3, 0.4) is 0 Å². The zero-order valence-electron chi connectivity index (χ0n) is 18.3. The molecule has 0 atom stereocenters. The largest absolute Gasteiger partial charge is 0.418 e. The number of amides is 2. The molecular weight excluding hydrogens is 473 g/mol. The van der Waals surface area contributed by atoms with Crippen LogP contribution >= 0.6 is 11.6 Å². The van der Waals surface area contributed by atoms with E-state index in [4.69, 9.17) is 11.6 Å². The number of para-hydroxylation sites is 1. The predicted octanol–water partition coefficient (Wildman–Crippen LogP) is 4.60. The van der Waals surface area contributed by atoms with E-state index >= 15 is 0 Å². The van der Waals surface area contributed by atoms with Gasteiger partial charge in [0.1, 0.15) is 0 Å². The summed E-state index contributed by atoms with van der Waals surface area (Å²) in [4.78, 5) is 37.9. The van der Waals surface area contributed by atoms with Crippen LogP contribution < -0.4 is 16.1 Å². The first-order valence-electron chi connectivity index (χ1n) is 10.1. The van der Waals surface area contributed by atoms with Crippen molar-refractivity contribution in [1.82, 2.24) is 15.1 Å². The number of carbonyl (C=O) groups is 2. The van der Waals surface area contributed by atoms with Crippen molar-refractivity contribution >= 4 is 29.1 Å². The zero-order chi connectivity index (χ0) is 25.2. The number of halogens is 4. The fraction of sp³-hybridized carbons (Fsp3) is 0.217. The lowest BCUT2D eigenvalue weighted by Gasteiger charge is -2.17. The number of benzene rings is 2. The van der Waals surface area contributed by atoms with Crippen LogP contribution in [0.15, 0.2) is 53.3 Å². The monoisotopic (exact) mass is 492 g/mol. The van der Waals surface area contributed by atoms with Crippen LogP contribution in [0.4, 0.5) is 18.9 Å². The number of aryl methyl sites for hydroxylation is 1. The molecule has 0 bridgehead atoms. The van der Waals surface area contributed by atoms with E-state index in [0.717, 1.165) is 16.8 Å². The van der Waals surface area contributed by atoms with Gasteiger partial charge in [-0.05, 0) is 51.1 Å². The Morgan fingerprint density at radius 1 is 1.06 bits per heavy atom. The van der Waals surface area contributed by atoms with Crippen molar-refractivity contribution in [3.8, 4) is 5.69 Å². The van der Waals surface area contributed by atoms with E-state index in [2.05, 4.69) is 15.7 Å². The van der Waals surface area contributed by atoms with E-state index in [1.54, 1.807) is 13.8 Å². The molecule has 0 aliphatic rings. The van der Waals surface area contributed by atoms with Gasteiger partial charge in [0.2, 0.25) is 5.43 Å². The van der Waals surface area contributed by atoms with Crippen LogP contribution in [0, 0.1) is 6.92 Å². The number of aromatic nitrogens is 2. The molecule has 2 N–H and O–H groups in total. The number of hydrogen-bond acceptors (Lipinski definition) is 4. The summed E-state index contributed by atoms with van der Waals surface area (Å²) in [6.45, 7) is 4.90. The van der Waals surface area contributed by atoms with Gasteiger partial charge in [-0.15, -0.1) is 0 Å². The lowest BCUT2D eigenvalue weighted by atomic mass is 10.1. The summed E-state index contributed by atoms with van der Waals surface area (Å²) in [5, 5.41) is 9.23. The van der Waals surface area contributed by atoms with Crippen molar-refractivity contribution in [3.63, 3.8) is 0 Å².